The van der Waals surface area contributed by atoms with Crippen LogP contribution in [0.25, 0.3) is 0 Å². The van der Waals surface area contributed by atoms with Crippen LogP contribution in [0.1, 0.15) is 16.9 Å². The zero-order valence-electron chi connectivity index (χ0n) is 10.2. The highest BCUT2D eigenvalue weighted by molar-refractivity contribution is 5.99. The Kier molecular flexibility index (Phi) is 3.46. The lowest BCUT2D eigenvalue weighted by atomic mass is 10.1. The third kappa shape index (κ3) is 2.54. The van der Waals surface area contributed by atoms with Crippen LogP contribution in [0.5, 0.6) is 0 Å². The maximum absolute atomic E-state index is 11.8. The first kappa shape index (κ1) is 13.0. The van der Waals surface area contributed by atoms with E-state index in [9.17, 15) is 14.4 Å². The summed E-state index contributed by atoms with van der Waals surface area (Å²) in [6.45, 7) is 0.222. The summed E-state index contributed by atoms with van der Waals surface area (Å²) in [6.07, 6.45) is 1.40. The second-order valence-electron chi connectivity index (χ2n) is 4.14. The van der Waals surface area contributed by atoms with Gasteiger partial charge in [0.1, 0.15) is 5.69 Å². The van der Waals surface area contributed by atoms with E-state index in [1.54, 1.807) is 0 Å². The summed E-state index contributed by atoms with van der Waals surface area (Å²) in [5.74, 6) is -2.25. The molecule has 0 radical (unpaired) electrons. The molecule has 7 heteroatoms. The highest BCUT2D eigenvalue weighted by atomic mass is 16.5. The first-order chi connectivity index (χ1) is 9.02. The van der Waals surface area contributed by atoms with Gasteiger partial charge in [-0.1, -0.05) is 0 Å². The summed E-state index contributed by atoms with van der Waals surface area (Å²) in [7, 11) is 1.28. The van der Waals surface area contributed by atoms with Crippen molar-refractivity contribution < 1.29 is 24.2 Å². The number of hydrogen-bond acceptors (Lipinski definition) is 5. The van der Waals surface area contributed by atoms with Gasteiger partial charge in [0.2, 0.25) is 5.91 Å². The van der Waals surface area contributed by atoms with Gasteiger partial charge in [0.15, 0.2) is 0 Å². The number of carbonyl (C=O) groups is 3. The van der Waals surface area contributed by atoms with Gasteiger partial charge in [-0.25, -0.2) is 9.78 Å². The van der Waals surface area contributed by atoms with E-state index < -0.39 is 17.9 Å². The Morgan fingerprint density at radius 3 is 2.74 bits per heavy atom. The number of anilines is 1. The minimum Gasteiger partial charge on any atom is -0.477 e. The lowest BCUT2D eigenvalue weighted by Gasteiger charge is -2.15. The number of rotatable bonds is 3. The number of hydrogen-bond donors (Lipinski definition) is 1. The molecule has 0 bridgehead atoms. The fourth-order valence-corrected chi connectivity index (χ4v) is 1.95. The molecule has 100 valence electrons. The molecule has 0 aromatic carbocycles. The minimum atomic E-state index is -1.13. The summed E-state index contributed by atoms with van der Waals surface area (Å²) in [5, 5.41) is 8.74. The first-order valence-corrected chi connectivity index (χ1v) is 5.60. The van der Waals surface area contributed by atoms with Crippen LogP contribution in [0.3, 0.4) is 0 Å². The third-order valence-corrected chi connectivity index (χ3v) is 2.94. The van der Waals surface area contributed by atoms with Crippen molar-refractivity contribution in [2.24, 2.45) is 5.92 Å². The lowest BCUT2D eigenvalue weighted by molar-refractivity contribution is -0.145. The van der Waals surface area contributed by atoms with Crippen LogP contribution in [-0.4, -0.2) is 41.6 Å². The van der Waals surface area contributed by atoms with Crippen molar-refractivity contribution in [3.05, 3.63) is 24.0 Å². The predicted octanol–water partition coefficient (Wildman–Crippen LogP) is 0.306. The van der Waals surface area contributed by atoms with Crippen LogP contribution < -0.4 is 4.90 Å². The van der Waals surface area contributed by atoms with E-state index in [1.165, 1.54) is 30.3 Å². The van der Waals surface area contributed by atoms with Gasteiger partial charge in [0.25, 0.3) is 0 Å². The third-order valence-electron chi connectivity index (χ3n) is 2.94. The number of pyridine rings is 1. The van der Waals surface area contributed by atoms with Gasteiger partial charge in [0.05, 0.1) is 24.9 Å². The molecule has 0 aliphatic carbocycles. The standard InChI is InChI=1S/C12H12N2O5/c1-19-12(18)7-4-10(15)14(6-7)8-2-3-9(11(16)17)13-5-8/h2-3,5,7H,4,6H2,1H3,(H,16,17). The monoisotopic (exact) mass is 264 g/mol. The van der Waals surface area contributed by atoms with Gasteiger partial charge < -0.3 is 14.7 Å². The van der Waals surface area contributed by atoms with E-state index in [2.05, 4.69) is 9.72 Å². The molecule has 1 N–H and O–H groups in total. The molecule has 1 unspecified atom stereocenters. The molecule has 2 heterocycles. The van der Waals surface area contributed by atoms with Crippen molar-refractivity contribution in [1.29, 1.82) is 0 Å². The Balaban J connectivity index is 2.16. The average Bonchev–Trinajstić information content (AvgIpc) is 2.80. The molecule has 19 heavy (non-hydrogen) atoms. The summed E-state index contributed by atoms with van der Waals surface area (Å²) < 4.78 is 4.61. The van der Waals surface area contributed by atoms with E-state index in [0.717, 1.165) is 0 Å². The van der Waals surface area contributed by atoms with Crippen molar-refractivity contribution in [1.82, 2.24) is 4.98 Å². The fourth-order valence-electron chi connectivity index (χ4n) is 1.95. The quantitative estimate of drug-likeness (QED) is 0.789. The van der Waals surface area contributed by atoms with Crippen LogP contribution in [0.2, 0.25) is 0 Å². The van der Waals surface area contributed by atoms with Gasteiger partial charge in [0, 0.05) is 13.0 Å². The Labute approximate surface area is 108 Å². The van der Waals surface area contributed by atoms with Crippen LogP contribution >= 0.6 is 0 Å². The highest BCUT2D eigenvalue weighted by Gasteiger charge is 2.35. The van der Waals surface area contributed by atoms with Gasteiger partial charge in [-0.15, -0.1) is 0 Å². The number of methoxy groups -OCH3 is 1. The summed E-state index contributed by atoms with van der Waals surface area (Å²) in [6, 6.07) is 2.81. The van der Waals surface area contributed by atoms with Crippen molar-refractivity contribution in [2.45, 2.75) is 6.42 Å². The largest absolute Gasteiger partial charge is 0.477 e. The fraction of sp³-hybridized carbons (Fsp3) is 0.333. The number of ether oxygens (including phenoxy) is 1. The molecule has 1 aromatic rings. The first-order valence-electron chi connectivity index (χ1n) is 5.60. The van der Waals surface area contributed by atoms with Crippen molar-refractivity contribution in [3.8, 4) is 0 Å². The summed E-state index contributed by atoms with van der Waals surface area (Å²) >= 11 is 0. The Hall–Kier alpha value is -2.44. The second kappa shape index (κ2) is 5.05. The van der Waals surface area contributed by atoms with E-state index in [0.29, 0.717) is 5.69 Å². The summed E-state index contributed by atoms with van der Waals surface area (Å²) in [4.78, 5) is 39.0. The lowest BCUT2D eigenvalue weighted by Crippen LogP contribution is -2.26. The summed E-state index contributed by atoms with van der Waals surface area (Å²) in [5.41, 5.74) is 0.376. The van der Waals surface area contributed by atoms with Crippen LogP contribution in [0.4, 0.5) is 5.69 Å². The molecule has 1 aliphatic heterocycles. The normalized spacial score (nSPS) is 18.5. The number of carbonyl (C=O) groups excluding carboxylic acids is 2. The molecule has 7 nitrogen and oxygen atoms in total. The molecular formula is C12H12N2O5. The topological polar surface area (TPSA) is 96.8 Å². The van der Waals surface area contributed by atoms with Crippen molar-refractivity contribution in [2.75, 3.05) is 18.6 Å². The second-order valence-corrected chi connectivity index (χ2v) is 4.14. The van der Waals surface area contributed by atoms with Gasteiger partial charge in [-0.05, 0) is 12.1 Å². The number of aromatic carboxylic acids is 1. The molecule has 1 amide bonds. The van der Waals surface area contributed by atoms with Gasteiger partial charge in [-0.3, -0.25) is 9.59 Å². The van der Waals surface area contributed by atoms with E-state index >= 15 is 0 Å². The zero-order valence-corrected chi connectivity index (χ0v) is 10.2. The molecule has 1 aliphatic rings. The van der Waals surface area contributed by atoms with Crippen molar-refractivity contribution >= 4 is 23.5 Å². The maximum atomic E-state index is 11.8. The molecule has 0 saturated carbocycles. The van der Waals surface area contributed by atoms with Crippen LogP contribution in [0, 0.1) is 5.92 Å². The van der Waals surface area contributed by atoms with E-state index in [-0.39, 0.29) is 24.6 Å². The van der Waals surface area contributed by atoms with Crippen molar-refractivity contribution in [3.63, 3.8) is 0 Å². The molecule has 1 aromatic heterocycles. The van der Waals surface area contributed by atoms with Crippen LogP contribution in [-0.2, 0) is 14.3 Å². The smallest absolute Gasteiger partial charge is 0.354 e. The zero-order chi connectivity index (χ0) is 14.0. The minimum absolute atomic E-state index is 0.0906. The molecule has 1 saturated heterocycles. The molecule has 2 rings (SSSR count). The average molecular weight is 264 g/mol. The Bertz CT molecular complexity index is 525. The Morgan fingerprint density at radius 2 is 2.21 bits per heavy atom. The number of carboxylic acids is 1. The number of esters is 1. The highest BCUT2D eigenvalue weighted by Crippen LogP contribution is 2.25. The SMILES string of the molecule is COC(=O)C1CC(=O)N(c2ccc(C(=O)O)nc2)C1. The van der Waals surface area contributed by atoms with E-state index in [1.807, 2.05) is 0 Å². The maximum Gasteiger partial charge on any atom is 0.354 e. The number of aromatic nitrogens is 1. The predicted molar refractivity (Wildman–Crippen MR) is 63.7 cm³/mol. The molecular weight excluding hydrogens is 252 g/mol. The van der Waals surface area contributed by atoms with Gasteiger partial charge in [-0.2, -0.15) is 0 Å². The number of amides is 1. The molecule has 0 spiro atoms. The number of carboxylic acid groups (broad SMARTS) is 1. The molecule has 1 atom stereocenters. The van der Waals surface area contributed by atoms with E-state index in [4.69, 9.17) is 5.11 Å². The molecule has 1 fully saturated rings. The Morgan fingerprint density at radius 1 is 1.47 bits per heavy atom. The van der Waals surface area contributed by atoms with Gasteiger partial charge >= 0.3 is 11.9 Å². The van der Waals surface area contributed by atoms with Crippen LogP contribution in [0.15, 0.2) is 18.3 Å². The number of nitrogens with zero attached hydrogens (tertiary/aromatic N) is 2.